The molecule has 2 rings (SSSR count). The van der Waals surface area contributed by atoms with Crippen LogP contribution in [0.4, 0.5) is 0 Å². The van der Waals surface area contributed by atoms with Crippen molar-refractivity contribution in [3.05, 3.63) is 22.1 Å². The van der Waals surface area contributed by atoms with Crippen LogP contribution in [-0.2, 0) is 4.79 Å². The first-order chi connectivity index (χ1) is 7.58. The highest BCUT2D eigenvalue weighted by molar-refractivity contribution is 5.81. The van der Waals surface area contributed by atoms with Crippen molar-refractivity contribution in [2.45, 2.75) is 25.3 Å². The van der Waals surface area contributed by atoms with Gasteiger partial charge in [-0.05, 0) is 13.3 Å². The third-order valence-corrected chi connectivity index (χ3v) is 2.95. The van der Waals surface area contributed by atoms with Crippen LogP contribution in [0, 0.1) is 0 Å². The molecule has 1 aliphatic rings. The number of aromatic amines is 2. The van der Waals surface area contributed by atoms with Gasteiger partial charge in [-0.2, -0.15) is 0 Å². The van der Waals surface area contributed by atoms with Gasteiger partial charge in [0.05, 0.1) is 6.04 Å². The molecular weight excluding hydrogens is 208 g/mol. The molecule has 16 heavy (non-hydrogen) atoms. The Hall–Kier alpha value is -1.56. The van der Waals surface area contributed by atoms with E-state index in [1.807, 2.05) is 0 Å². The van der Waals surface area contributed by atoms with Gasteiger partial charge >= 0.3 is 0 Å². The highest BCUT2D eigenvalue weighted by Crippen LogP contribution is 2.24. The summed E-state index contributed by atoms with van der Waals surface area (Å²) in [4.78, 5) is 24.4. The summed E-state index contributed by atoms with van der Waals surface area (Å²) in [5, 5.41) is 5.33. The van der Waals surface area contributed by atoms with E-state index in [0.717, 1.165) is 12.1 Å². The van der Waals surface area contributed by atoms with Crippen LogP contribution in [0.15, 0.2) is 10.9 Å². The molecule has 0 aromatic carbocycles. The Kier molecular flexibility index (Phi) is 2.82. The summed E-state index contributed by atoms with van der Waals surface area (Å²) in [7, 11) is 0. The normalized spacial score (nSPS) is 22.4. The molecule has 1 amide bonds. The molecule has 1 aromatic heterocycles. The molecule has 1 aliphatic heterocycles. The number of carbonyl (C=O) groups excluding carboxylic acids is 1. The third-order valence-electron chi connectivity index (χ3n) is 2.95. The quantitative estimate of drug-likeness (QED) is 0.624. The number of amides is 1. The van der Waals surface area contributed by atoms with Crippen molar-refractivity contribution in [1.29, 1.82) is 0 Å². The minimum atomic E-state index is -0.455. The van der Waals surface area contributed by atoms with Crippen molar-refractivity contribution in [2.24, 2.45) is 5.73 Å². The van der Waals surface area contributed by atoms with Crippen molar-refractivity contribution in [1.82, 2.24) is 15.1 Å². The summed E-state index contributed by atoms with van der Waals surface area (Å²) < 4.78 is 0. The predicted octanol–water partition coefficient (Wildman–Crippen LogP) is -0.634. The fraction of sp³-hybridized carbons (Fsp3) is 0.600. The van der Waals surface area contributed by atoms with E-state index in [4.69, 9.17) is 5.73 Å². The van der Waals surface area contributed by atoms with Crippen molar-refractivity contribution >= 4 is 5.91 Å². The number of H-pyrrole nitrogens is 2. The molecule has 0 spiro atoms. The second-order valence-corrected chi connectivity index (χ2v) is 4.27. The highest BCUT2D eigenvalue weighted by Gasteiger charge is 2.29. The Labute approximate surface area is 92.8 Å². The Bertz CT molecular complexity index is 434. The number of likely N-dealkylation sites (tertiary alicyclic amines) is 1. The highest BCUT2D eigenvalue weighted by atomic mass is 16.2. The Balaban J connectivity index is 2.03. The SMILES string of the molecule is CC(N)C(=O)N1CCC(c2cc(=O)[nH][nH]2)C1. The Morgan fingerprint density at radius 2 is 2.38 bits per heavy atom. The maximum absolute atomic E-state index is 11.6. The largest absolute Gasteiger partial charge is 0.341 e. The number of nitrogens with zero attached hydrogens (tertiary/aromatic N) is 1. The summed E-state index contributed by atoms with van der Waals surface area (Å²) in [6.07, 6.45) is 0.867. The van der Waals surface area contributed by atoms with Crippen LogP contribution in [0.25, 0.3) is 0 Å². The monoisotopic (exact) mass is 224 g/mol. The summed E-state index contributed by atoms with van der Waals surface area (Å²) in [6, 6.07) is 1.09. The van der Waals surface area contributed by atoms with Crippen LogP contribution in [0.3, 0.4) is 0 Å². The maximum Gasteiger partial charge on any atom is 0.264 e. The Morgan fingerprint density at radius 3 is 2.94 bits per heavy atom. The standard InChI is InChI=1S/C10H16N4O2/c1-6(11)10(16)14-3-2-7(5-14)8-4-9(15)13-12-8/h4,6-7H,2-3,5,11H2,1H3,(H2,12,13,15). The first kappa shape index (κ1) is 10.9. The van der Waals surface area contributed by atoms with Crippen LogP contribution in [0.2, 0.25) is 0 Å². The van der Waals surface area contributed by atoms with Gasteiger partial charge < -0.3 is 15.7 Å². The van der Waals surface area contributed by atoms with Gasteiger partial charge in [-0.25, -0.2) is 0 Å². The fourth-order valence-electron chi connectivity index (χ4n) is 2.07. The molecule has 4 N–H and O–H groups in total. The molecule has 1 fully saturated rings. The molecule has 0 aliphatic carbocycles. The average molecular weight is 224 g/mol. The number of nitrogens with one attached hydrogen (secondary N) is 2. The van der Waals surface area contributed by atoms with E-state index in [0.29, 0.717) is 13.1 Å². The number of hydrogen-bond acceptors (Lipinski definition) is 3. The molecule has 0 radical (unpaired) electrons. The molecule has 1 saturated heterocycles. The third kappa shape index (κ3) is 2.01. The van der Waals surface area contributed by atoms with E-state index in [1.54, 1.807) is 17.9 Å². The van der Waals surface area contributed by atoms with E-state index in [9.17, 15) is 9.59 Å². The van der Waals surface area contributed by atoms with Gasteiger partial charge in [-0.1, -0.05) is 0 Å². The molecule has 0 saturated carbocycles. The lowest BCUT2D eigenvalue weighted by Crippen LogP contribution is -2.40. The first-order valence-electron chi connectivity index (χ1n) is 5.40. The zero-order valence-corrected chi connectivity index (χ0v) is 9.19. The van der Waals surface area contributed by atoms with Crippen LogP contribution < -0.4 is 11.3 Å². The van der Waals surface area contributed by atoms with Crippen LogP contribution >= 0.6 is 0 Å². The predicted molar refractivity (Wildman–Crippen MR) is 59.0 cm³/mol. The molecule has 0 bridgehead atoms. The number of carbonyl (C=O) groups is 1. The number of hydrogen-bond donors (Lipinski definition) is 3. The lowest BCUT2D eigenvalue weighted by atomic mass is 10.1. The second-order valence-electron chi connectivity index (χ2n) is 4.27. The summed E-state index contributed by atoms with van der Waals surface area (Å²) in [5.74, 6) is 0.182. The minimum absolute atomic E-state index is 0.0274. The van der Waals surface area contributed by atoms with Crippen molar-refractivity contribution in [3.8, 4) is 0 Å². The van der Waals surface area contributed by atoms with Gasteiger partial charge in [0.1, 0.15) is 0 Å². The van der Waals surface area contributed by atoms with Gasteiger partial charge in [-0.3, -0.25) is 14.7 Å². The molecule has 2 heterocycles. The number of aromatic nitrogens is 2. The minimum Gasteiger partial charge on any atom is -0.341 e. The van der Waals surface area contributed by atoms with Crippen molar-refractivity contribution < 1.29 is 4.79 Å². The molecule has 88 valence electrons. The van der Waals surface area contributed by atoms with Crippen LogP contribution in [0.1, 0.15) is 25.0 Å². The average Bonchev–Trinajstić information content (AvgIpc) is 2.84. The Morgan fingerprint density at radius 1 is 1.62 bits per heavy atom. The molecule has 1 aromatic rings. The molecule has 6 nitrogen and oxygen atoms in total. The first-order valence-corrected chi connectivity index (χ1v) is 5.40. The van der Waals surface area contributed by atoms with Crippen molar-refractivity contribution in [2.75, 3.05) is 13.1 Å². The zero-order chi connectivity index (χ0) is 11.7. The summed E-state index contributed by atoms with van der Waals surface area (Å²) in [6.45, 7) is 3.03. The lowest BCUT2D eigenvalue weighted by Gasteiger charge is -2.18. The maximum atomic E-state index is 11.6. The fourth-order valence-corrected chi connectivity index (χ4v) is 2.07. The number of rotatable bonds is 2. The smallest absolute Gasteiger partial charge is 0.264 e. The molecule has 6 heteroatoms. The zero-order valence-electron chi connectivity index (χ0n) is 9.19. The molecule has 2 atom stereocenters. The van der Waals surface area contributed by atoms with Crippen LogP contribution in [0.5, 0.6) is 0 Å². The molecule has 2 unspecified atom stereocenters. The number of nitrogens with two attached hydrogens (primary N) is 1. The van der Waals surface area contributed by atoms with Gasteiger partial charge in [0.25, 0.3) is 5.56 Å². The second kappa shape index (κ2) is 4.13. The van der Waals surface area contributed by atoms with Crippen molar-refractivity contribution in [3.63, 3.8) is 0 Å². The van der Waals surface area contributed by atoms with Crippen LogP contribution in [-0.4, -0.2) is 40.1 Å². The van der Waals surface area contributed by atoms with Gasteiger partial charge in [0.15, 0.2) is 0 Å². The van der Waals surface area contributed by atoms with E-state index >= 15 is 0 Å². The van der Waals surface area contributed by atoms with E-state index in [-0.39, 0.29) is 17.4 Å². The summed E-state index contributed by atoms with van der Waals surface area (Å²) in [5.41, 5.74) is 6.28. The van der Waals surface area contributed by atoms with Gasteiger partial charge in [0, 0.05) is 30.8 Å². The molecular formula is C10H16N4O2. The lowest BCUT2D eigenvalue weighted by molar-refractivity contribution is -0.131. The topological polar surface area (TPSA) is 95.0 Å². The van der Waals surface area contributed by atoms with Gasteiger partial charge in [0.2, 0.25) is 5.91 Å². The van der Waals surface area contributed by atoms with E-state index in [1.165, 1.54) is 0 Å². The van der Waals surface area contributed by atoms with Gasteiger partial charge in [-0.15, -0.1) is 0 Å². The summed E-state index contributed by atoms with van der Waals surface area (Å²) >= 11 is 0. The van der Waals surface area contributed by atoms with E-state index < -0.39 is 6.04 Å². The van der Waals surface area contributed by atoms with E-state index in [2.05, 4.69) is 10.2 Å².